The molecule has 1 N–H and O–H groups in total. The van der Waals surface area contributed by atoms with E-state index in [0.29, 0.717) is 0 Å². The molecule has 0 spiro atoms. The first-order chi connectivity index (χ1) is 8.67. The number of aryl methyl sites for hydroxylation is 1. The summed E-state index contributed by atoms with van der Waals surface area (Å²) in [5.74, 6) is -0.403. The molecular weight excluding hydrogens is 253 g/mol. The molecule has 2 aromatic rings. The molecule has 5 heteroatoms. The van der Waals surface area contributed by atoms with Gasteiger partial charge in [0.25, 0.3) is 0 Å². The zero-order chi connectivity index (χ0) is 13.1. The minimum absolute atomic E-state index is 0.0504. The average Bonchev–Trinajstić information content (AvgIpc) is 2.83. The smallest absolute Gasteiger partial charge is 0.141 e. The van der Waals surface area contributed by atoms with E-state index in [2.05, 4.69) is 10.4 Å². The Morgan fingerprint density at radius 1 is 1.44 bits per heavy atom. The number of nitrogens with one attached hydrogen (secondary N) is 1. The Morgan fingerprint density at radius 2 is 2.22 bits per heavy atom. The SMILES string of the molecule is CCn1nccc1C(NC)c1ccc(F)c(Cl)c1. The minimum Gasteiger partial charge on any atom is -0.308 e. The van der Waals surface area contributed by atoms with E-state index in [-0.39, 0.29) is 11.1 Å². The summed E-state index contributed by atoms with van der Waals surface area (Å²) in [7, 11) is 1.86. The Kier molecular flexibility index (Phi) is 3.99. The Bertz CT molecular complexity index is 539. The first-order valence-corrected chi connectivity index (χ1v) is 6.19. The van der Waals surface area contributed by atoms with Gasteiger partial charge in [-0.2, -0.15) is 5.10 Å². The van der Waals surface area contributed by atoms with Crippen molar-refractivity contribution >= 4 is 11.6 Å². The van der Waals surface area contributed by atoms with Gasteiger partial charge in [0.1, 0.15) is 5.82 Å². The second-order valence-corrected chi connectivity index (χ2v) is 4.37. The maximum atomic E-state index is 13.2. The molecule has 0 amide bonds. The van der Waals surface area contributed by atoms with Gasteiger partial charge in [-0.05, 0) is 37.7 Å². The lowest BCUT2D eigenvalue weighted by atomic mass is 10.0. The van der Waals surface area contributed by atoms with Gasteiger partial charge in [0, 0.05) is 12.7 Å². The lowest BCUT2D eigenvalue weighted by Crippen LogP contribution is -2.21. The quantitative estimate of drug-likeness (QED) is 0.923. The van der Waals surface area contributed by atoms with E-state index in [1.807, 2.05) is 24.7 Å². The summed E-state index contributed by atoms with van der Waals surface area (Å²) in [4.78, 5) is 0. The van der Waals surface area contributed by atoms with Crippen LogP contribution in [0, 0.1) is 5.82 Å². The van der Waals surface area contributed by atoms with Crippen LogP contribution in [0.5, 0.6) is 0 Å². The van der Waals surface area contributed by atoms with Crippen molar-refractivity contribution in [2.24, 2.45) is 0 Å². The van der Waals surface area contributed by atoms with Crippen molar-refractivity contribution in [1.29, 1.82) is 0 Å². The molecule has 0 aliphatic carbocycles. The highest BCUT2D eigenvalue weighted by atomic mass is 35.5. The standard InChI is InChI=1S/C13H15ClFN3/c1-3-18-12(6-7-17-18)13(16-2)9-4-5-11(15)10(14)8-9/h4-8,13,16H,3H2,1-2H3. The van der Waals surface area contributed by atoms with Crippen molar-refractivity contribution in [3.8, 4) is 0 Å². The van der Waals surface area contributed by atoms with Crippen molar-refractivity contribution in [3.63, 3.8) is 0 Å². The summed E-state index contributed by atoms with van der Waals surface area (Å²) in [6.45, 7) is 2.82. The van der Waals surface area contributed by atoms with Crippen molar-refractivity contribution in [2.75, 3.05) is 7.05 Å². The topological polar surface area (TPSA) is 29.9 Å². The van der Waals surface area contributed by atoms with Crippen LogP contribution in [0.15, 0.2) is 30.5 Å². The lowest BCUT2D eigenvalue weighted by Gasteiger charge is -2.18. The molecule has 0 bridgehead atoms. The third-order valence-corrected chi connectivity index (χ3v) is 3.20. The Morgan fingerprint density at radius 3 is 2.83 bits per heavy atom. The fourth-order valence-corrected chi connectivity index (χ4v) is 2.22. The first kappa shape index (κ1) is 13.1. The Balaban J connectivity index is 2.42. The number of rotatable bonds is 4. The summed E-state index contributed by atoms with van der Waals surface area (Å²) >= 11 is 5.82. The zero-order valence-electron chi connectivity index (χ0n) is 10.3. The lowest BCUT2D eigenvalue weighted by molar-refractivity contribution is 0.561. The second kappa shape index (κ2) is 5.50. The molecule has 1 heterocycles. The highest BCUT2D eigenvalue weighted by Crippen LogP contribution is 2.25. The third kappa shape index (κ3) is 2.40. The molecular formula is C13H15ClFN3. The van der Waals surface area contributed by atoms with Crippen LogP contribution < -0.4 is 5.32 Å². The summed E-state index contributed by atoms with van der Waals surface area (Å²) in [6.07, 6.45) is 1.76. The average molecular weight is 268 g/mol. The first-order valence-electron chi connectivity index (χ1n) is 5.81. The molecule has 3 nitrogen and oxygen atoms in total. The van der Waals surface area contributed by atoms with Gasteiger partial charge in [0.05, 0.1) is 16.8 Å². The van der Waals surface area contributed by atoms with E-state index in [4.69, 9.17) is 11.6 Å². The van der Waals surface area contributed by atoms with Gasteiger partial charge >= 0.3 is 0 Å². The van der Waals surface area contributed by atoms with Crippen LogP contribution >= 0.6 is 11.6 Å². The van der Waals surface area contributed by atoms with Gasteiger partial charge in [-0.25, -0.2) is 4.39 Å². The summed E-state index contributed by atoms with van der Waals surface area (Å²) in [5, 5.41) is 7.57. The highest BCUT2D eigenvalue weighted by molar-refractivity contribution is 6.30. The third-order valence-electron chi connectivity index (χ3n) is 2.91. The van der Waals surface area contributed by atoms with E-state index >= 15 is 0 Å². The molecule has 2 rings (SSSR count). The summed E-state index contributed by atoms with van der Waals surface area (Å²) in [5.41, 5.74) is 1.95. The molecule has 0 fully saturated rings. The van der Waals surface area contributed by atoms with Crippen molar-refractivity contribution in [2.45, 2.75) is 19.5 Å². The maximum Gasteiger partial charge on any atom is 0.141 e. The summed E-state index contributed by atoms with van der Waals surface area (Å²) in [6, 6.07) is 6.65. The van der Waals surface area contributed by atoms with Gasteiger partial charge in [-0.1, -0.05) is 17.7 Å². The van der Waals surface area contributed by atoms with E-state index in [1.165, 1.54) is 6.07 Å². The number of hydrogen-bond acceptors (Lipinski definition) is 2. The summed E-state index contributed by atoms with van der Waals surface area (Å²) < 4.78 is 15.1. The molecule has 0 aliphatic rings. The molecule has 1 aromatic carbocycles. The molecule has 0 saturated carbocycles. The van der Waals surface area contributed by atoms with E-state index in [0.717, 1.165) is 17.8 Å². The van der Waals surface area contributed by atoms with Gasteiger partial charge in [-0.15, -0.1) is 0 Å². The number of hydrogen-bond donors (Lipinski definition) is 1. The number of nitrogens with zero attached hydrogens (tertiary/aromatic N) is 2. The molecule has 18 heavy (non-hydrogen) atoms. The molecule has 1 aromatic heterocycles. The molecule has 0 radical (unpaired) electrons. The van der Waals surface area contributed by atoms with Crippen LogP contribution in [0.2, 0.25) is 5.02 Å². The number of halogens is 2. The van der Waals surface area contributed by atoms with Gasteiger partial charge in [0.2, 0.25) is 0 Å². The maximum absolute atomic E-state index is 13.2. The fourth-order valence-electron chi connectivity index (χ4n) is 2.03. The van der Waals surface area contributed by atoms with Crippen LogP contribution in [0.25, 0.3) is 0 Å². The molecule has 96 valence electrons. The van der Waals surface area contributed by atoms with Crippen LogP contribution in [-0.2, 0) is 6.54 Å². The Hall–Kier alpha value is -1.39. The predicted octanol–water partition coefficient (Wildman–Crippen LogP) is 3.00. The van der Waals surface area contributed by atoms with Gasteiger partial charge < -0.3 is 5.32 Å². The molecule has 0 aliphatic heterocycles. The van der Waals surface area contributed by atoms with Crippen molar-refractivity contribution < 1.29 is 4.39 Å². The second-order valence-electron chi connectivity index (χ2n) is 3.97. The predicted molar refractivity (Wildman–Crippen MR) is 70.2 cm³/mol. The molecule has 1 atom stereocenters. The van der Waals surface area contributed by atoms with E-state index in [1.54, 1.807) is 18.3 Å². The van der Waals surface area contributed by atoms with Gasteiger partial charge in [-0.3, -0.25) is 4.68 Å². The molecule has 1 unspecified atom stereocenters. The largest absolute Gasteiger partial charge is 0.308 e. The van der Waals surface area contributed by atoms with Crippen LogP contribution in [0.1, 0.15) is 24.2 Å². The normalized spacial score (nSPS) is 12.7. The van der Waals surface area contributed by atoms with Crippen LogP contribution in [0.3, 0.4) is 0 Å². The van der Waals surface area contributed by atoms with Crippen molar-refractivity contribution in [3.05, 3.63) is 52.6 Å². The number of aromatic nitrogens is 2. The molecule has 0 saturated heterocycles. The zero-order valence-corrected chi connectivity index (χ0v) is 11.1. The van der Waals surface area contributed by atoms with Gasteiger partial charge in [0.15, 0.2) is 0 Å². The number of benzene rings is 1. The van der Waals surface area contributed by atoms with E-state index in [9.17, 15) is 4.39 Å². The van der Waals surface area contributed by atoms with Crippen LogP contribution in [-0.4, -0.2) is 16.8 Å². The highest BCUT2D eigenvalue weighted by Gasteiger charge is 2.17. The minimum atomic E-state index is -0.403. The van der Waals surface area contributed by atoms with Crippen molar-refractivity contribution in [1.82, 2.24) is 15.1 Å². The van der Waals surface area contributed by atoms with E-state index < -0.39 is 5.82 Å². The monoisotopic (exact) mass is 267 g/mol. The van der Waals surface area contributed by atoms with Crippen LogP contribution in [0.4, 0.5) is 4.39 Å². The Labute approximate surface area is 111 Å². The fraction of sp³-hybridized carbons (Fsp3) is 0.308.